The maximum absolute atomic E-state index is 6.01. The Morgan fingerprint density at radius 3 is 2.81 bits per heavy atom. The van der Waals surface area contributed by atoms with Gasteiger partial charge in [0.15, 0.2) is 0 Å². The number of halogens is 1. The minimum Gasteiger partial charge on any atom is -0.383 e. The van der Waals surface area contributed by atoms with Gasteiger partial charge in [-0.1, -0.05) is 11.6 Å². The summed E-state index contributed by atoms with van der Waals surface area (Å²) in [7, 11) is 0. The average Bonchev–Trinajstić information content (AvgIpc) is 2.28. The molecule has 0 aliphatic rings. The maximum atomic E-state index is 6.01. The molecule has 0 fully saturated rings. The zero-order valence-electron chi connectivity index (χ0n) is 8.51. The van der Waals surface area contributed by atoms with E-state index in [9.17, 15) is 0 Å². The van der Waals surface area contributed by atoms with E-state index in [0.717, 1.165) is 10.6 Å². The molecule has 2 heterocycles. The lowest BCUT2D eigenvalue weighted by Crippen LogP contribution is -1.97. The SMILES string of the molecule is Cc1c(N)ncnc1Sc1ncccc1Cl. The lowest BCUT2D eigenvalue weighted by Gasteiger charge is -2.05. The normalized spacial score (nSPS) is 10.4. The van der Waals surface area contributed by atoms with Crippen LogP contribution in [0.3, 0.4) is 0 Å². The van der Waals surface area contributed by atoms with Gasteiger partial charge in [0.2, 0.25) is 0 Å². The van der Waals surface area contributed by atoms with Crippen molar-refractivity contribution in [1.82, 2.24) is 15.0 Å². The van der Waals surface area contributed by atoms with Crippen molar-refractivity contribution < 1.29 is 0 Å². The van der Waals surface area contributed by atoms with Gasteiger partial charge < -0.3 is 5.73 Å². The van der Waals surface area contributed by atoms with E-state index in [1.165, 1.54) is 18.1 Å². The fourth-order valence-corrected chi connectivity index (χ4v) is 2.14. The molecular formula is C10H9ClN4S. The van der Waals surface area contributed by atoms with Crippen molar-refractivity contribution in [2.75, 3.05) is 5.73 Å². The molecule has 0 bridgehead atoms. The van der Waals surface area contributed by atoms with Crippen LogP contribution < -0.4 is 5.73 Å². The minimum atomic E-state index is 0.476. The lowest BCUT2D eigenvalue weighted by atomic mass is 10.4. The van der Waals surface area contributed by atoms with E-state index in [0.29, 0.717) is 15.9 Å². The van der Waals surface area contributed by atoms with Crippen LogP contribution in [-0.2, 0) is 0 Å². The third-order valence-electron chi connectivity index (χ3n) is 1.99. The Labute approximate surface area is 102 Å². The first-order valence-corrected chi connectivity index (χ1v) is 5.73. The Bertz CT molecular complexity index is 518. The summed E-state index contributed by atoms with van der Waals surface area (Å²) >= 11 is 7.39. The molecule has 0 saturated carbocycles. The Hall–Kier alpha value is -1.33. The fraction of sp³-hybridized carbons (Fsp3) is 0.100. The summed E-state index contributed by atoms with van der Waals surface area (Å²) in [5.74, 6) is 0.476. The summed E-state index contributed by atoms with van der Waals surface area (Å²) in [4.78, 5) is 12.2. The van der Waals surface area contributed by atoms with Crippen molar-refractivity contribution >= 4 is 29.2 Å². The summed E-state index contributed by atoms with van der Waals surface area (Å²) in [5.41, 5.74) is 6.54. The molecule has 6 heteroatoms. The zero-order valence-corrected chi connectivity index (χ0v) is 10.1. The fourth-order valence-electron chi connectivity index (χ4n) is 1.09. The lowest BCUT2D eigenvalue weighted by molar-refractivity contribution is 1.00. The van der Waals surface area contributed by atoms with Crippen molar-refractivity contribution in [2.45, 2.75) is 17.0 Å². The van der Waals surface area contributed by atoms with Crippen LogP contribution >= 0.6 is 23.4 Å². The highest BCUT2D eigenvalue weighted by atomic mass is 35.5. The van der Waals surface area contributed by atoms with Gasteiger partial charge in [0, 0.05) is 11.8 Å². The van der Waals surface area contributed by atoms with Crippen LogP contribution in [0.4, 0.5) is 5.82 Å². The van der Waals surface area contributed by atoms with Crippen molar-refractivity contribution in [3.05, 3.63) is 35.2 Å². The largest absolute Gasteiger partial charge is 0.383 e. The van der Waals surface area contributed by atoms with Gasteiger partial charge in [-0.3, -0.25) is 0 Å². The van der Waals surface area contributed by atoms with Crippen molar-refractivity contribution in [3.63, 3.8) is 0 Å². The summed E-state index contributed by atoms with van der Waals surface area (Å²) in [6.07, 6.45) is 3.12. The van der Waals surface area contributed by atoms with Crippen LogP contribution in [0.1, 0.15) is 5.56 Å². The topological polar surface area (TPSA) is 64.7 Å². The number of rotatable bonds is 2. The van der Waals surface area contributed by atoms with Gasteiger partial charge in [-0.05, 0) is 30.8 Å². The molecule has 0 aliphatic heterocycles. The van der Waals surface area contributed by atoms with E-state index in [1.807, 2.05) is 6.92 Å². The Balaban J connectivity index is 2.35. The summed E-state index contributed by atoms with van der Waals surface area (Å²) in [6.45, 7) is 1.87. The molecule has 0 amide bonds. The van der Waals surface area contributed by atoms with E-state index in [4.69, 9.17) is 17.3 Å². The molecule has 82 valence electrons. The molecule has 0 spiro atoms. The second kappa shape index (κ2) is 4.67. The highest BCUT2D eigenvalue weighted by Gasteiger charge is 2.09. The molecule has 16 heavy (non-hydrogen) atoms. The van der Waals surface area contributed by atoms with Gasteiger partial charge in [-0.25, -0.2) is 15.0 Å². The highest BCUT2D eigenvalue weighted by Crippen LogP contribution is 2.32. The minimum absolute atomic E-state index is 0.476. The van der Waals surface area contributed by atoms with Gasteiger partial charge in [0.1, 0.15) is 22.2 Å². The summed E-state index contributed by atoms with van der Waals surface area (Å²) in [6, 6.07) is 3.57. The van der Waals surface area contributed by atoms with Crippen LogP contribution in [0.25, 0.3) is 0 Å². The average molecular weight is 253 g/mol. The third kappa shape index (κ3) is 2.25. The number of pyridine rings is 1. The predicted octanol–water partition coefficient (Wildman–Crippen LogP) is 2.57. The van der Waals surface area contributed by atoms with Crippen LogP contribution in [0.5, 0.6) is 0 Å². The number of anilines is 1. The number of hydrogen-bond acceptors (Lipinski definition) is 5. The number of nitrogens with two attached hydrogens (primary N) is 1. The van der Waals surface area contributed by atoms with Gasteiger partial charge in [-0.15, -0.1) is 0 Å². The van der Waals surface area contributed by atoms with E-state index < -0.39 is 0 Å². The van der Waals surface area contributed by atoms with Gasteiger partial charge in [-0.2, -0.15) is 0 Å². The third-order valence-corrected chi connectivity index (χ3v) is 3.54. The van der Waals surface area contributed by atoms with Crippen molar-refractivity contribution in [3.8, 4) is 0 Å². The van der Waals surface area contributed by atoms with E-state index >= 15 is 0 Å². The second-order valence-corrected chi connectivity index (χ2v) is 4.47. The molecule has 2 N–H and O–H groups in total. The first-order valence-electron chi connectivity index (χ1n) is 4.54. The molecule has 0 atom stereocenters. The molecular weight excluding hydrogens is 244 g/mol. The number of nitrogens with zero attached hydrogens (tertiary/aromatic N) is 3. The molecule has 0 aromatic carbocycles. The predicted molar refractivity (Wildman–Crippen MR) is 64.6 cm³/mol. The standard InChI is InChI=1S/C10H9ClN4S/c1-6-8(12)14-5-15-9(6)16-10-7(11)3-2-4-13-10/h2-5H,1H3,(H2,12,14,15). The number of nitrogen functional groups attached to an aromatic ring is 1. The van der Waals surface area contributed by atoms with E-state index in [1.54, 1.807) is 18.3 Å². The highest BCUT2D eigenvalue weighted by molar-refractivity contribution is 7.99. The van der Waals surface area contributed by atoms with Gasteiger partial charge >= 0.3 is 0 Å². The number of aromatic nitrogens is 3. The summed E-state index contributed by atoms with van der Waals surface area (Å²) < 4.78 is 0. The van der Waals surface area contributed by atoms with E-state index in [2.05, 4.69) is 15.0 Å². The quantitative estimate of drug-likeness (QED) is 0.833. The Kier molecular flexibility index (Phi) is 3.26. The van der Waals surface area contributed by atoms with E-state index in [-0.39, 0.29) is 0 Å². The van der Waals surface area contributed by atoms with Gasteiger partial charge in [0.25, 0.3) is 0 Å². The zero-order chi connectivity index (χ0) is 11.5. The molecule has 2 rings (SSSR count). The first-order chi connectivity index (χ1) is 7.68. The molecule has 4 nitrogen and oxygen atoms in total. The Morgan fingerprint density at radius 1 is 1.25 bits per heavy atom. The monoisotopic (exact) mass is 252 g/mol. The molecule has 0 saturated heterocycles. The first kappa shape index (κ1) is 11.2. The van der Waals surface area contributed by atoms with Crippen LogP contribution in [0, 0.1) is 6.92 Å². The molecule has 0 radical (unpaired) electrons. The van der Waals surface area contributed by atoms with Crippen molar-refractivity contribution in [2.24, 2.45) is 0 Å². The molecule has 2 aromatic rings. The van der Waals surface area contributed by atoms with Crippen LogP contribution in [0.2, 0.25) is 5.02 Å². The molecule has 0 unspecified atom stereocenters. The summed E-state index contributed by atoms with van der Waals surface area (Å²) in [5, 5.41) is 2.09. The molecule has 0 aliphatic carbocycles. The molecule has 2 aromatic heterocycles. The second-order valence-electron chi connectivity index (χ2n) is 3.08. The van der Waals surface area contributed by atoms with Crippen LogP contribution in [0.15, 0.2) is 34.7 Å². The number of hydrogen-bond donors (Lipinski definition) is 1. The van der Waals surface area contributed by atoms with Crippen LogP contribution in [-0.4, -0.2) is 15.0 Å². The van der Waals surface area contributed by atoms with Crippen molar-refractivity contribution in [1.29, 1.82) is 0 Å². The maximum Gasteiger partial charge on any atom is 0.130 e. The smallest absolute Gasteiger partial charge is 0.130 e. The van der Waals surface area contributed by atoms with Gasteiger partial charge in [0.05, 0.1) is 5.02 Å². The Morgan fingerprint density at radius 2 is 2.06 bits per heavy atom.